The van der Waals surface area contributed by atoms with E-state index in [1.165, 1.54) is 0 Å². The van der Waals surface area contributed by atoms with E-state index >= 15 is 0 Å². The average molecular weight is 352 g/mol. The number of thiazole rings is 1. The molecule has 0 unspecified atom stereocenters. The summed E-state index contributed by atoms with van der Waals surface area (Å²) >= 11 is 2.70. The topological polar surface area (TPSA) is 49.3 Å². The van der Waals surface area contributed by atoms with Crippen LogP contribution in [0.15, 0.2) is 23.0 Å². The van der Waals surface area contributed by atoms with Crippen molar-refractivity contribution < 1.29 is 13.2 Å². The number of thioether (sulfide) groups is 1. The first-order valence-corrected chi connectivity index (χ1v) is 8.73. The Kier molecular flexibility index (Phi) is 8.32. The highest BCUT2D eigenvalue weighted by molar-refractivity contribution is 7.99. The quantitative estimate of drug-likeness (QED) is 0.327. The monoisotopic (exact) mass is 352 g/mol. The largest absolute Gasteiger partial charge is 0.434 e. The summed E-state index contributed by atoms with van der Waals surface area (Å²) in [7, 11) is 0. The first kappa shape index (κ1) is 18.8. The number of nitrogens with one attached hydrogen (secondary N) is 2. The van der Waals surface area contributed by atoms with Crippen molar-refractivity contribution in [1.29, 1.82) is 0 Å². The van der Waals surface area contributed by atoms with Crippen LogP contribution in [-0.2, 0) is 12.7 Å². The normalized spacial score (nSPS) is 12.3. The molecule has 0 amide bonds. The summed E-state index contributed by atoms with van der Waals surface area (Å²) < 4.78 is 37.4. The van der Waals surface area contributed by atoms with E-state index in [0.29, 0.717) is 17.5 Å². The van der Waals surface area contributed by atoms with Crippen LogP contribution >= 0.6 is 23.1 Å². The van der Waals surface area contributed by atoms with Crippen LogP contribution in [0.2, 0.25) is 0 Å². The number of aromatic nitrogens is 1. The van der Waals surface area contributed by atoms with Gasteiger partial charge in [-0.1, -0.05) is 6.08 Å². The van der Waals surface area contributed by atoms with E-state index < -0.39 is 11.9 Å². The van der Waals surface area contributed by atoms with E-state index in [0.717, 1.165) is 34.8 Å². The van der Waals surface area contributed by atoms with Gasteiger partial charge in [-0.05, 0) is 6.92 Å². The summed E-state index contributed by atoms with van der Waals surface area (Å²) in [5.41, 5.74) is -0.860. The molecule has 0 spiro atoms. The molecule has 1 aromatic rings. The van der Waals surface area contributed by atoms with Crippen LogP contribution in [0.25, 0.3) is 0 Å². The number of guanidine groups is 1. The van der Waals surface area contributed by atoms with Gasteiger partial charge in [0, 0.05) is 30.0 Å². The van der Waals surface area contributed by atoms with Gasteiger partial charge in [0.1, 0.15) is 5.01 Å². The van der Waals surface area contributed by atoms with E-state index in [2.05, 4.69) is 27.2 Å². The maximum Gasteiger partial charge on any atom is 0.434 e. The molecule has 0 saturated heterocycles. The van der Waals surface area contributed by atoms with Crippen LogP contribution in [0, 0.1) is 0 Å². The van der Waals surface area contributed by atoms with Crippen LogP contribution in [-0.4, -0.2) is 35.5 Å². The van der Waals surface area contributed by atoms with Gasteiger partial charge < -0.3 is 10.6 Å². The minimum atomic E-state index is -4.40. The third-order valence-corrected chi connectivity index (χ3v) is 4.13. The third kappa shape index (κ3) is 7.17. The summed E-state index contributed by atoms with van der Waals surface area (Å²) in [6, 6.07) is 0. The second-order valence-electron chi connectivity index (χ2n) is 4.11. The molecular weight excluding hydrogens is 333 g/mol. The standard InChI is InChI=1S/C13H19F3N4S2/c1-3-6-21-7-5-18-12(17-4-2)19-8-11-20-10(9-22-11)13(14,15)16/h3,9H,1,4-8H2,2H3,(H2,17,18,19). The van der Waals surface area contributed by atoms with Crippen molar-refractivity contribution in [3.63, 3.8) is 0 Å². The minimum absolute atomic E-state index is 0.121. The predicted molar refractivity (Wildman–Crippen MR) is 87.5 cm³/mol. The van der Waals surface area contributed by atoms with Crippen LogP contribution in [0.4, 0.5) is 13.2 Å². The zero-order chi connectivity index (χ0) is 16.4. The van der Waals surface area contributed by atoms with Crippen molar-refractivity contribution in [1.82, 2.24) is 15.6 Å². The predicted octanol–water partition coefficient (Wildman–Crippen LogP) is 3.14. The first-order valence-electron chi connectivity index (χ1n) is 6.69. The Balaban J connectivity index is 2.50. The second kappa shape index (κ2) is 9.73. The maximum atomic E-state index is 12.5. The molecule has 0 bridgehead atoms. The smallest absolute Gasteiger partial charge is 0.357 e. The fourth-order valence-corrected chi connectivity index (χ4v) is 2.71. The van der Waals surface area contributed by atoms with Gasteiger partial charge in [-0.25, -0.2) is 9.98 Å². The highest BCUT2D eigenvalue weighted by Crippen LogP contribution is 2.30. The molecule has 22 heavy (non-hydrogen) atoms. The van der Waals surface area contributed by atoms with Gasteiger partial charge in [-0.3, -0.25) is 0 Å². The number of alkyl halides is 3. The lowest BCUT2D eigenvalue weighted by molar-refractivity contribution is -0.140. The lowest BCUT2D eigenvalue weighted by Gasteiger charge is -2.10. The molecule has 1 aromatic heterocycles. The number of aliphatic imine (C=N–C) groups is 1. The molecule has 0 aliphatic heterocycles. The van der Waals surface area contributed by atoms with Gasteiger partial charge in [0.2, 0.25) is 0 Å². The number of halogens is 3. The van der Waals surface area contributed by atoms with Gasteiger partial charge in [0.05, 0.1) is 6.54 Å². The van der Waals surface area contributed by atoms with Gasteiger partial charge in [0.15, 0.2) is 11.7 Å². The molecule has 1 rings (SSSR count). The molecule has 0 fully saturated rings. The van der Waals surface area contributed by atoms with Crippen LogP contribution in [0.1, 0.15) is 17.6 Å². The molecule has 0 radical (unpaired) electrons. The second-order valence-corrected chi connectivity index (χ2v) is 6.20. The molecule has 9 heteroatoms. The van der Waals surface area contributed by atoms with Crippen LogP contribution in [0.3, 0.4) is 0 Å². The molecule has 0 atom stereocenters. The average Bonchev–Trinajstić information content (AvgIpc) is 2.93. The fourth-order valence-electron chi connectivity index (χ4n) is 1.41. The maximum absolute atomic E-state index is 12.5. The molecule has 0 saturated carbocycles. The van der Waals surface area contributed by atoms with Gasteiger partial charge in [-0.15, -0.1) is 17.9 Å². The third-order valence-electron chi connectivity index (χ3n) is 2.33. The lowest BCUT2D eigenvalue weighted by Crippen LogP contribution is -2.38. The molecule has 124 valence electrons. The summed E-state index contributed by atoms with van der Waals surface area (Å²) in [6.07, 6.45) is -2.56. The molecule has 4 nitrogen and oxygen atoms in total. The van der Waals surface area contributed by atoms with Crippen molar-refractivity contribution in [3.8, 4) is 0 Å². The van der Waals surface area contributed by atoms with Crippen molar-refractivity contribution in [2.24, 2.45) is 4.99 Å². The minimum Gasteiger partial charge on any atom is -0.357 e. The Morgan fingerprint density at radius 3 is 2.86 bits per heavy atom. The van der Waals surface area contributed by atoms with E-state index in [4.69, 9.17) is 0 Å². The van der Waals surface area contributed by atoms with E-state index in [-0.39, 0.29) is 6.54 Å². The lowest BCUT2D eigenvalue weighted by atomic mass is 10.5. The van der Waals surface area contributed by atoms with E-state index in [1.807, 2.05) is 13.0 Å². The highest BCUT2D eigenvalue weighted by Gasteiger charge is 2.33. The summed E-state index contributed by atoms with van der Waals surface area (Å²) in [5.74, 6) is 2.35. The van der Waals surface area contributed by atoms with Crippen LogP contribution in [0.5, 0.6) is 0 Å². The SMILES string of the molecule is C=CCSCCNC(=NCc1nc(C(F)(F)F)cs1)NCC. The first-order chi connectivity index (χ1) is 10.5. The number of hydrogen-bond acceptors (Lipinski definition) is 4. The van der Waals surface area contributed by atoms with E-state index in [9.17, 15) is 13.2 Å². The Morgan fingerprint density at radius 2 is 2.27 bits per heavy atom. The Bertz CT molecular complexity index is 486. The van der Waals surface area contributed by atoms with E-state index in [1.54, 1.807) is 11.8 Å². The zero-order valence-corrected chi connectivity index (χ0v) is 13.9. The number of nitrogens with zero attached hydrogens (tertiary/aromatic N) is 2. The summed E-state index contributed by atoms with van der Waals surface area (Å²) in [4.78, 5) is 7.79. The molecule has 0 aromatic carbocycles. The van der Waals surface area contributed by atoms with Crippen molar-refractivity contribution in [2.45, 2.75) is 19.6 Å². The Hall–Kier alpha value is -1.22. The number of hydrogen-bond donors (Lipinski definition) is 2. The van der Waals surface area contributed by atoms with Crippen molar-refractivity contribution in [2.75, 3.05) is 24.6 Å². The zero-order valence-electron chi connectivity index (χ0n) is 12.2. The molecule has 2 N–H and O–H groups in total. The van der Waals surface area contributed by atoms with Crippen molar-refractivity contribution in [3.05, 3.63) is 28.7 Å². The molecule has 1 heterocycles. The molecule has 0 aliphatic carbocycles. The Morgan fingerprint density at radius 1 is 1.50 bits per heavy atom. The number of rotatable bonds is 8. The van der Waals surface area contributed by atoms with Gasteiger partial charge >= 0.3 is 6.18 Å². The Labute approximate surface area is 136 Å². The van der Waals surface area contributed by atoms with Gasteiger partial charge in [0.25, 0.3) is 0 Å². The highest BCUT2D eigenvalue weighted by atomic mass is 32.2. The van der Waals surface area contributed by atoms with Crippen molar-refractivity contribution >= 4 is 29.1 Å². The summed E-state index contributed by atoms with van der Waals surface area (Å²) in [6.45, 7) is 7.08. The molecule has 0 aliphatic rings. The molecular formula is C13H19F3N4S2. The fraction of sp³-hybridized carbons (Fsp3) is 0.538. The summed E-state index contributed by atoms with van der Waals surface area (Å²) in [5, 5.41) is 7.52. The van der Waals surface area contributed by atoms with Crippen LogP contribution < -0.4 is 10.6 Å². The van der Waals surface area contributed by atoms with Gasteiger partial charge in [-0.2, -0.15) is 24.9 Å².